The molecule has 0 aromatic rings. The first-order valence-corrected chi connectivity index (χ1v) is 12.7. The van der Waals surface area contributed by atoms with E-state index in [1.807, 2.05) is 6.92 Å². The largest absolute Gasteiger partial charge is 0.350 e. The third-order valence-electron chi connectivity index (χ3n) is 2.05. The molecule has 5 heteroatoms. The first-order valence-electron chi connectivity index (χ1n) is 5.78. The van der Waals surface area contributed by atoms with Crippen molar-refractivity contribution in [2.24, 2.45) is 5.10 Å². The van der Waals surface area contributed by atoms with Crippen molar-refractivity contribution in [2.75, 3.05) is 0 Å². The van der Waals surface area contributed by atoms with Crippen LogP contribution in [0.5, 0.6) is 0 Å². The molecule has 0 spiro atoms. The van der Waals surface area contributed by atoms with E-state index in [0.717, 1.165) is 5.71 Å². The molecule has 0 saturated carbocycles. The maximum atomic E-state index is 11.1. The molecule has 0 amide bonds. The summed E-state index contributed by atoms with van der Waals surface area (Å²) in [7, 11) is -2.88. The Morgan fingerprint density at radius 2 is 1.38 bits per heavy atom. The Kier molecular flexibility index (Phi) is 5.13. The van der Waals surface area contributed by atoms with Crippen LogP contribution in [0.25, 0.3) is 0 Å². The van der Waals surface area contributed by atoms with E-state index in [9.17, 15) is 4.79 Å². The molecule has 0 aromatic carbocycles. The van der Waals surface area contributed by atoms with Gasteiger partial charge in [-0.15, -0.1) is 0 Å². The summed E-state index contributed by atoms with van der Waals surface area (Å²) in [4.78, 5) is 11.1. The summed E-state index contributed by atoms with van der Waals surface area (Å²) >= 11 is 0. The number of carbonyl (C=O) groups excluding carboxylic acids is 1. The van der Waals surface area contributed by atoms with Crippen LogP contribution in [-0.4, -0.2) is 32.3 Å². The molecule has 94 valence electrons. The van der Waals surface area contributed by atoms with Crippen molar-refractivity contribution >= 4 is 28.0 Å². The molecule has 0 fully saturated rings. The van der Waals surface area contributed by atoms with Gasteiger partial charge in [0.05, 0.1) is 0 Å². The van der Waals surface area contributed by atoms with Gasteiger partial charge >= 0.3 is 0 Å². The molecule has 0 aliphatic carbocycles. The Morgan fingerprint density at radius 3 is 1.62 bits per heavy atom. The fourth-order valence-corrected chi connectivity index (χ4v) is 10.9. The number of carbonyl (C=O) groups is 1. The maximum Gasteiger partial charge on any atom is 0.158 e. The van der Waals surface area contributed by atoms with Gasteiger partial charge in [-0.25, -0.2) is 5.10 Å². The summed E-state index contributed by atoms with van der Waals surface area (Å²) in [6, 6.07) is 0. The van der Waals surface area contributed by atoms with Crippen molar-refractivity contribution in [3.8, 4) is 0 Å². The van der Waals surface area contributed by atoms with E-state index in [-0.39, 0.29) is 5.78 Å². The minimum Gasteiger partial charge on any atom is -0.350 e. The molecule has 0 N–H and O–H groups in total. The molecule has 0 radical (unpaired) electrons. The number of hydrazone groups is 1. The lowest BCUT2D eigenvalue weighted by molar-refractivity contribution is -0.115. The molecule has 0 heterocycles. The van der Waals surface area contributed by atoms with E-state index in [1.165, 1.54) is 0 Å². The molecule has 0 atom stereocenters. The van der Waals surface area contributed by atoms with E-state index in [2.05, 4.69) is 43.6 Å². The standard InChI is InChI=1S/C11H26N2OSi2/c1-10(9-11(2)14)12-13(15(3,4)5)16(6,7)8/h9H2,1-8H3/b12-10+. The summed E-state index contributed by atoms with van der Waals surface area (Å²) in [5, 5.41) is 4.71. The zero-order valence-electron chi connectivity index (χ0n) is 12.0. The summed E-state index contributed by atoms with van der Waals surface area (Å²) in [5.74, 6) is 0.187. The lowest BCUT2D eigenvalue weighted by atomic mass is 10.2. The molecule has 0 rings (SSSR count). The second kappa shape index (κ2) is 5.27. The van der Waals surface area contributed by atoms with Crippen LogP contribution in [0.15, 0.2) is 5.10 Å². The molecule has 0 aliphatic heterocycles. The number of nitrogens with zero attached hydrogens (tertiary/aromatic N) is 2. The van der Waals surface area contributed by atoms with Gasteiger partial charge in [0, 0.05) is 12.1 Å². The molecule has 0 bridgehead atoms. The molecule has 0 unspecified atom stereocenters. The zero-order chi connectivity index (χ0) is 13.1. The Labute approximate surface area is 102 Å². The highest BCUT2D eigenvalue weighted by atomic mass is 28.4. The van der Waals surface area contributed by atoms with Gasteiger partial charge in [0.25, 0.3) is 0 Å². The number of ketones is 1. The molecule has 0 saturated heterocycles. The van der Waals surface area contributed by atoms with Crippen LogP contribution in [-0.2, 0) is 4.79 Å². The zero-order valence-corrected chi connectivity index (χ0v) is 14.0. The summed E-state index contributed by atoms with van der Waals surface area (Å²) in [6.45, 7) is 17.4. The molecule has 0 aliphatic rings. The van der Waals surface area contributed by atoms with Gasteiger partial charge in [-0.05, 0) is 13.8 Å². The predicted molar refractivity (Wildman–Crippen MR) is 76.9 cm³/mol. The third kappa shape index (κ3) is 5.60. The van der Waals surface area contributed by atoms with Crippen LogP contribution in [0.2, 0.25) is 39.3 Å². The topological polar surface area (TPSA) is 32.7 Å². The van der Waals surface area contributed by atoms with Crippen LogP contribution in [0, 0.1) is 0 Å². The van der Waals surface area contributed by atoms with Crippen molar-refractivity contribution in [1.29, 1.82) is 0 Å². The third-order valence-corrected chi connectivity index (χ3v) is 8.81. The van der Waals surface area contributed by atoms with E-state index >= 15 is 0 Å². The first kappa shape index (κ1) is 15.6. The second-order valence-corrected chi connectivity index (χ2v) is 16.3. The van der Waals surface area contributed by atoms with Crippen molar-refractivity contribution in [3.63, 3.8) is 0 Å². The molecular weight excluding hydrogens is 232 g/mol. The monoisotopic (exact) mass is 258 g/mol. The normalized spacial score (nSPS) is 13.9. The van der Waals surface area contributed by atoms with Crippen LogP contribution < -0.4 is 0 Å². The van der Waals surface area contributed by atoms with Crippen LogP contribution in [0.4, 0.5) is 0 Å². The van der Waals surface area contributed by atoms with E-state index < -0.39 is 16.5 Å². The Bertz CT molecular complexity index is 273. The highest BCUT2D eigenvalue weighted by molar-refractivity contribution is 6.89. The van der Waals surface area contributed by atoms with Gasteiger partial charge in [-0.2, -0.15) is 0 Å². The number of rotatable bonds is 5. The van der Waals surface area contributed by atoms with Crippen LogP contribution in [0.3, 0.4) is 0 Å². The minimum atomic E-state index is -1.44. The average molecular weight is 259 g/mol. The molecule has 0 aromatic heterocycles. The smallest absolute Gasteiger partial charge is 0.158 e. The number of hydrogen-bond acceptors (Lipinski definition) is 3. The SMILES string of the molecule is CC(=O)C/C(C)=N/N([Si](C)(C)C)[Si](C)(C)C. The fourth-order valence-electron chi connectivity index (χ4n) is 1.87. The van der Waals surface area contributed by atoms with Crippen molar-refractivity contribution < 1.29 is 4.79 Å². The summed E-state index contributed by atoms with van der Waals surface area (Å²) in [6.07, 6.45) is 0.478. The van der Waals surface area contributed by atoms with Crippen molar-refractivity contribution in [1.82, 2.24) is 4.34 Å². The van der Waals surface area contributed by atoms with Gasteiger partial charge in [0.2, 0.25) is 0 Å². The first-order chi connectivity index (χ1) is 6.94. The van der Waals surface area contributed by atoms with Gasteiger partial charge in [-0.3, -0.25) is 4.79 Å². The Balaban J connectivity index is 5.03. The van der Waals surface area contributed by atoms with Crippen molar-refractivity contribution in [2.45, 2.75) is 59.6 Å². The Morgan fingerprint density at radius 1 is 1.00 bits per heavy atom. The highest BCUT2D eigenvalue weighted by Gasteiger charge is 2.33. The molecule has 3 nitrogen and oxygen atoms in total. The van der Waals surface area contributed by atoms with Gasteiger partial charge in [0.1, 0.15) is 5.78 Å². The lowest BCUT2D eigenvalue weighted by Crippen LogP contribution is -2.56. The lowest BCUT2D eigenvalue weighted by Gasteiger charge is -2.41. The molecule has 16 heavy (non-hydrogen) atoms. The fraction of sp³-hybridized carbons (Fsp3) is 0.818. The van der Waals surface area contributed by atoms with E-state index in [4.69, 9.17) is 5.10 Å². The minimum absolute atomic E-state index is 0.187. The Hall–Kier alpha value is -0.426. The summed E-state index contributed by atoms with van der Waals surface area (Å²) in [5.41, 5.74) is 0.942. The van der Waals surface area contributed by atoms with Gasteiger partial charge < -0.3 is 4.34 Å². The van der Waals surface area contributed by atoms with E-state index in [0.29, 0.717) is 6.42 Å². The van der Waals surface area contributed by atoms with Crippen LogP contribution in [0.1, 0.15) is 20.3 Å². The van der Waals surface area contributed by atoms with Gasteiger partial charge in [0.15, 0.2) is 16.5 Å². The average Bonchev–Trinajstić information content (AvgIpc) is 1.94. The quantitative estimate of drug-likeness (QED) is 0.430. The summed E-state index contributed by atoms with van der Waals surface area (Å²) < 4.78 is 2.35. The highest BCUT2D eigenvalue weighted by Crippen LogP contribution is 2.20. The van der Waals surface area contributed by atoms with E-state index in [1.54, 1.807) is 6.92 Å². The second-order valence-electron chi connectivity index (χ2n) is 6.37. The van der Waals surface area contributed by atoms with Gasteiger partial charge in [-0.1, -0.05) is 39.3 Å². The maximum absolute atomic E-state index is 11.1. The number of Topliss-reactive ketones (excluding diaryl/α,β-unsaturated/α-hetero) is 1. The van der Waals surface area contributed by atoms with Crippen molar-refractivity contribution in [3.05, 3.63) is 0 Å². The van der Waals surface area contributed by atoms with Crippen LogP contribution >= 0.6 is 0 Å². The predicted octanol–water partition coefficient (Wildman–Crippen LogP) is 3.31. The molecular formula is C11H26N2OSi2. The number of hydrogen-bond donors (Lipinski definition) is 0.